The van der Waals surface area contributed by atoms with Crippen molar-refractivity contribution in [1.29, 1.82) is 0 Å². The van der Waals surface area contributed by atoms with E-state index in [1.807, 2.05) is 6.92 Å². The number of hydrogen-bond donors (Lipinski definition) is 2. The molecule has 0 saturated heterocycles. The van der Waals surface area contributed by atoms with Crippen LogP contribution in [0.25, 0.3) is 0 Å². The van der Waals surface area contributed by atoms with Crippen molar-refractivity contribution in [3.05, 3.63) is 29.8 Å². The molecule has 1 amide bonds. The zero-order valence-corrected chi connectivity index (χ0v) is 12.2. The third-order valence-corrected chi connectivity index (χ3v) is 3.40. The van der Waals surface area contributed by atoms with Gasteiger partial charge in [0, 0.05) is 24.6 Å². The first-order valence-corrected chi connectivity index (χ1v) is 7.16. The van der Waals surface area contributed by atoms with Gasteiger partial charge in [0.15, 0.2) is 0 Å². The quantitative estimate of drug-likeness (QED) is 0.347. The maximum Gasteiger partial charge on any atom is 0.254 e. The van der Waals surface area contributed by atoms with Gasteiger partial charge in [-0.15, -0.1) is 0 Å². The summed E-state index contributed by atoms with van der Waals surface area (Å²) in [5.41, 5.74) is 6.11. The second kappa shape index (κ2) is 6.97. The number of hydrogen-bond acceptors (Lipinski definition) is 4. The Kier molecular flexibility index (Phi) is 5.03. The Morgan fingerprint density at radius 3 is 2.62 bits per heavy atom. The third kappa shape index (κ3) is 4.11. The number of nitrogens with two attached hydrogens (primary N) is 1. The molecule has 6 heteroatoms. The maximum atomic E-state index is 12.5. The highest BCUT2D eigenvalue weighted by atomic mass is 16.5. The van der Waals surface area contributed by atoms with Crippen LogP contribution in [0.3, 0.4) is 0 Å². The van der Waals surface area contributed by atoms with Crippen LogP contribution in [0.5, 0.6) is 5.75 Å². The van der Waals surface area contributed by atoms with Crippen molar-refractivity contribution in [2.24, 2.45) is 10.9 Å². The lowest BCUT2D eigenvalue weighted by Crippen LogP contribution is -2.35. The van der Waals surface area contributed by atoms with Crippen molar-refractivity contribution >= 4 is 11.7 Å². The van der Waals surface area contributed by atoms with Gasteiger partial charge in [0.25, 0.3) is 5.91 Å². The van der Waals surface area contributed by atoms with Crippen molar-refractivity contribution in [2.75, 3.05) is 13.2 Å². The molecule has 1 aliphatic carbocycles. The molecule has 0 radical (unpaired) electrons. The predicted octanol–water partition coefficient (Wildman–Crippen LogP) is 1.83. The van der Waals surface area contributed by atoms with Gasteiger partial charge in [0.1, 0.15) is 11.6 Å². The number of ether oxygens (including phenoxy) is 1. The lowest BCUT2D eigenvalue weighted by molar-refractivity contribution is 0.0747. The molecule has 0 spiro atoms. The third-order valence-electron chi connectivity index (χ3n) is 3.40. The second-order valence-corrected chi connectivity index (χ2v) is 5.03. The Labute approximate surface area is 124 Å². The number of benzene rings is 1. The van der Waals surface area contributed by atoms with Gasteiger partial charge < -0.3 is 20.6 Å². The van der Waals surface area contributed by atoms with Crippen molar-refractivity contribution < 1.29 is 14.7 Å². The first kappa shape index (κ1) is 15.2. The van der Waals surface area contributed by atoms with Crippen LogP contribution in [0.1, 0.15) is 36.5 Å². The van der Waals surface area contributed by atoms with Gasteiger partial charge in [0.2, 0.25) is 0 Å². The van der Waals surface area contributed by atoms with Crippen molar-refractivity contribution in [1.82, 2.24) is 4.90 Å². The highest BCUT2D eigenvalue weighted by Gasteiger charge is 2.32. The summed E-state index contributed by atoms with van der Waals surface area (Å²) in [7, 11) is 0. The van der Waals surface area contributed by atoms with Gasteiger partial charge in [-0.05, 0) is 44.0 Å². The van der Waals surface area contributed by atoms with Gasteiger partial charge in [-0.1, -0.05) is 5.16 Å². The number of oxime groups is 1. The second-order valence-electron chi connectivity index (χ2n) is 5.03. The molecule has 2 rings (SSSR count). The molecular weight excluding hydrogens is 270 g/mol. The largest absolute Gasteiger partial charge is 0.494 e. The van der Waals surface area contributed by atoms with E-state index in [1.54, 1.807) is 29.2 Å². The Morgan fingerprint density at radius 2 is 2.10 bits per heavy atom. The molecular formula is C15H21N3O3. The molecule has 1 saturated carbocycles. The molecule has 0 unspecified atom stereocenters. The molecule has 1 aromatic rings. The summed E-state index contributed by atoms with van der Waals surface area (Å²) in [6.07, 6.45) is 2.40. The Bertz CT molecular complexity index is 509. The van der Waals surface area contributed by atoms with Crippen LogP contribution in [0, 0.1) is 0 Å². The van der Waals surface area contributed by atoms with E-state index in [2.05, 4.69) is 5.16 Å². The van der Waals surface area contributed by atoms with E-state index in [0.717, 1.165) is 18.6 Å². The molecule has 0 aliphatic heterocycles. The summed E-state index contributed by atoms with van der Waals surface area (Å²) < 4.78 is 5.37. The molecule has 21 heavy (non-hydrogen) atoms. The molecule has 3 N–H and O–H groups in total. The Hall–Kier alpha value is -2.24. The monoisotopic (exact) mass is 291 g/mol. The number of amidine groups is 1. The molecule has 0 heterocycles. The smallest absolute Gasteiger partial charge is 0.254 e. The summed E-state index contributed by atoms with van der Waals surface area (Å²) >= 11 is 0. The van der Waals surface area contributed by atoms with E-state index in [4.69, 9.17) is 15.7 Å². The fraction of sp³-hybridized carbons (Fsp3) is 0.467. The summed E-state index contributed by atoms with van der Waals surface area (Å²) in [4.78, 5) is 14.3. The summed E-state index contributed by atoms with van der Waals surface area (Å²) in [5.74, 6) is 0.870. The van der Waals surface area contributed by atoms with Crippen LogP contribution in [0.4, 0.5) is 0 Å². The van der Waals surface area contributed by atoms with E-state index in [0.29, 0.717) is 25.1 Å². The summed E-state index contributed by atoms with van der Waals surface area (Å²) in [5, 5.41) is 11.5. The predicted molar refractivity (Wildman–Crippen MR) is 79.7 cm³/mol. The fourth-order valence-corrected chi connectivity index (χ4v) is 2.15. The zero-order chi connectivity index (χ0) is 15.2. The van der Waals surface area contributed by atoms with Crippen molar-refractivity contribution in [2.45, 2.75) is 32.2 Å². The maximum absolute atomic E-state index is 12.5. The number of carbonyl (C=O) groups is 1. The van der Waals surface area contributed by atoms with Crippen LogP contribution in [-0.2, 0) is 0 Å². The Morgan fingerprint density at radius 1 is 1.43 bits per heavy atom. The van der Waals surface area contributed by atoms with Gasteiger partial charge in [-0.3, -0.25) is 4.79 Å². The molecule has 1 aromatic carbocycles. The number of rotatable bonds is 7. The average Bonchev–Trinajstić information content (AvgIpc) is 3.33. The van der Waals surface area contributed by atoms with Crippen LogP contribution in [0.2, 0.25) is 0 Å². The minimum atomic E-state index is -0.0220. The fourth-order valence-electron chi connectivity index (χ4n) is 2.15. The minimum absolute atomic E-state index is 0.0220. The van der Waals surface area contributed by atoms with E-state index in [-0.39, 0.29) is 17.8 Å². The average molecular weight is 291 g/mol. The Balaban J connectivity index is 2.03. The first-order chi connectivity index (χ1) is 10.2. The first-order valence-electron chi connectivity index (χ1n) is 7.16. The lowest BCUT2D eigenvalue weighted by Gasteiger charge is -2.22. The van der Waals surface area contributed by atoms with Gasteiger partial charge in [-0.25, -0.2) is 0 Å². The molecule has 1 aliphatic rings. The zero-order valence-electron chi connectivity index (χ0n) is 12.2. The number of amides is 1. The van der Waals surface area contributed by atoms with E-state index >= 15 is 0 Å². The molecule has 0 aromatic heterocycles. The molecule has 1 fully saturated rings. The molecule has 0 bridgehead atoms. The number of carbonyl (C=O) groups excluding carboxylic acids is 1. The van der Waals surface area contributed by atoms with Gasteiger partial charge in [0.05, 0.1) is 6.61 Å². The normalized spacial score (nSPS) is 14.8. The van der Waals surface area contributed by atoms with Crippen LogP contribution in [0.15, 0.2) is 29.4 Å². The van der Waals surface area contributed by atoms with Crippen molar-refractivity contribution in [3.8, 4) is 5.75 Å². The van der Waals surface area contributed by atoms with E-state index < -0.39 is 0 Å². The topological polar surface area (TPSA) is 88.2 Å². The van der Waals surface area contributed by atoms with Gasteiger partial charge >= 0.3 is 0 Å². The highest BCUT2D eigenvalue weighted by Crippen LogP contribution is 2.28. The SMILES string of the molecule is CCOc1ccc(C(=O)N(CCC(N)=NO)C2CC2)cc1. The minimum Gasteiger partial charge on any atom is -0.494 e. The molecule has 6 nitrogen and oxygen atoms in total. The highest BCUT2D eigenvalue weighted by molar-refractivity contribution is 5.95. The lowest BCUT2D eigenvalue weighted by atomic mass is 10.2. The van der Waals surface area contributed by atoms with E-state index in [1.165, 1.54) is 0 Å². The molecule has 0 atom stereocenters. The molecule has 114 valence electrons. The standard InChI is InChI=1S/C15H21N3O3/c1-2-21-13-7-3-11(4-8-13)15(19)18(12-5-6-12)10-9-14(16)17-20/h3-4,7-8,12,20H,2,5-6,9-10H2,1H3,(H2,16,17). The van der Waals surface area contributed by atoms with Crippen LogP contribution in [-0.4, -0.2) is 41.0 Å². The summed E-state index contributed by atoms with van der Waals surface area (Å²) in [6, 6.07) is 7.41. The van der Waals surface area contributed by atoms with Gasteiger partial charge in [-0.2, -0.15) is 0 Å². The number of nitrogens with zero attached hydrogens (tertiary/aromatic N) is 2. The van der Waals surface area contributed by atoms with Crippen LogP contribution < -0.4 is 10.5 Å². The van der Waals surface area contributed by atoms with Crippen LogP contribution >= 0.6 is 0 Å². The van der Waals surface area contributed by atoms with Crippen molar-refractivity contribution in [3.63, 3.8) is 0 Å². The summed E-state index contributed by atoms with van der Waals surface area (Å²) in [6.45, 7) is 2.98. The van der Waals surface area contributed by atoms with E-state index in [9.17, 15) is 4.79 Å².